The lowest BCUT2D eigenvalue weighted by molar-refractivity contribution is 0.386. The molecule has 0 atom stereocenters. The molecule has 0 fully saturated rings. The molecule has 8 heteroatoms. The molecular weight excluding hydrogens is 302 g/mol. The Kier molecular flexibility index (Phi) is 3.99. The van der Waals surface area contributed by atoms with Gasteiger partial charge in [-0.25, -0.2) is 17.2 Å². The zero-order chi connectivity index (χ0) is 15.6. The first-order valence-corrected chi connectivity index (χ1v) is 7.23. The Hall–Kier alpha value is -2.35. The molecule has 0 aliphatic carbocycles. The highest BCUT2D eigenvalue weighted by Gasteiger charge is 2.17. The average molecular weight is 314 g/mol. The summed E-state index contributed by atoms with van der Waals surface area (Å²) in [6, 6.07) is 6.64. The summed E-state index contributed by atoms with van der Waals surface area (Å²) in [6.07, 6.45) is 0. The topological polar surface area (TPSA) is 81.4 Å². The van der Waals surface area contributed by atoms with Crippen LogP contribution in [0.2, 0.25) is 0 Å². The smallest absolute Gasteiger partial charge is 0.261 e. The molecule has 0 bridgehead atoms. The van der Waals surface area contributed by atoms with Gasteiger partial charge in [-0.1, -0.05) is 0 Å². The maximum absolute atomic E-state index is 13.5. The molecule has 0 aliphatic heterocycles. The van der Waals surface area contributed by atoms with E-state index in [1.807, 2.05) is 0 Å². The molecule has 0 heterocycles. The first-order chi connectivity index (χ1) is 9.83. The fourth-order valence-corrected chi connectivity index (χ4v) is 2.68. The zero-order valence-electron chi connectivity index (χ0n) is 10.9. The van der Waals surface area contributed by atoms with Gasteiger partial charge in [0.2, 0.25) is 0 Å². The van der Waals surface area contributed by atoms with Gasteiger partial charge >= 0.3 is 0 Å². The average Bonchev–Trinajstić information content (AvgIpc) is 2.41. The summed E-state index contributed by atoms with van der Waals surface area (Å²) in [4.78, 5) is -0.314. The normalized spacial score (nSPS) is 11.2. The quantitative estimate of drug-likeness (QED) is 0.849. The van der Waals surface area contributed by atoms with Crippen molar-refractivity contribution in [3.63, 3.8) is 0 Å². The molecule has 0 aromatic heterocycles. The number of ether oxygens (including phenoxy) is 1. The minimum Gasteiger partial charge on any atom is -0.494 e. The first-order valence-electron chi connectivity index (χ1n) is 5.75. The number of nitrogens with one attached hydrogen (secondary N) is 1. The van der Waals surface area contributed by atoms with E-state index in [9.17, 15) is 17.2 Å². The number of halogens is 2. The lowest BCUT2D eigenvalue weighted by Gasteiger charge is -2.10. The van der Waals surface area contributed by atoms with Crippen LogP contribution >= 0.6 is 0 Å². The van der Waals surface area contributed by atoms with E-state index in [0.29, 0.717) is 0 Å². The minimum absolute atomic E-state index is 0.00877. The van der Waals surface area contributed by atoms with E-state index in [0.717, 1.165) is 24.3 Å². The van der Waals surface area contributed by atoms with Crippen molar-refractivity contribution < 1.29 is 21.9 Å². The van der Waals surface area contributed by atoms with Crippen molar-refractivity contribution in [1.29, 1.82) is 0 Å². The number of rotatable bonds is 4. The third-order valence-electron chi connectivity index (χ3n) is 2.69. The predicted molar refractivity (Wildman–Crippen MR) is 74.6 cm³/mol. The van der Waals surface area contributed by atoms with Crippen molar-refractivity contribution in [2.45, 2.75) is 4.90 Å². The maximum atomic E-state index is 13.5. The fourth-order valence-electron chi connectivity index (χ4n) is 1.62. The summed E-state index contributed by atoms with van der Waals surface area (Å²) < 4.78 is 57.8. The monoisotopic (exact) mass is 314 g/mol. The third kappa shape index (κ3) is 3.22. The van der Waals surface area contributed by atoms with Crippen LogP contribution in [0.25, 0.3) is 0 Å². The van der Waals surface area contributed by atoms with E-state index in [4.69, 9.17) is 10.5 Å². The summed E-state index contributed by atoms with van der Waals surface area (Å²) in [5, 5.41) is 0. The van der Waals surface area contributed by atoms with E-state index in [1.165, 1.54) is 19.2 Å². The lowest BCUT2D eigenvalue weighted by atomic mass is 10.3. The Labute approximate surface area is 120 Å². The number of anilines is 2. The van der Waals surface area contributed by atoms with E-state index in [2.05, 4.69) is 4.72 Å². The van der Waals surface area contributed by atoms with Gasteiger partial charge in [0.25, 0.3) is 10.0 Å². The minimum atomic E-state index is -4.04. The highest BCUT2D eigenvalue weighted by Crippen LogP contribution is 2.24. The summed E-state index contributed by atoms with van der Waals surface area (Å²) in [7, 11) is -2.75. The molecule has 0 unspecified atom stereocenters. The first kappa shape index (κ1) is 15.0. The van der Waals surface area contributed by atoms with E-state index < -0.39 is 21.7 Å². The van der Waals surface area contributed by atoms with Gasteiger partial charge in [-0.05, 0) is 30.3 Å². The molecule has 0 radical (unpaired) electrons. The SMILES string of the molecule is COc1ccc(NS(=O)(=O)c2ccc(N)c(F)c2)cc1F. The third-order valence-corrected chi connectivity index (χ3v) is 4.07. The van der Waals surface area contributed by atoms with Crippen LogP contribution in [-0.4, -0.2) is 15.5 Å². The lowest BCUT2D eigenvalue weighted by Crippen LogP contribution is -2.13. The Morgan fingerprint density at radius 2 is 1.81 bits per heavy atom. The van der Waals surface area contributed by atoms with Crippen LogP contribution in [0.3, 0.4) is 0 Å². The number of sulfonamides is 1. The van der Waals surface area contributed by atoms with Gasteiger partial charge < -0.3 is 10.5 Å². The largest absolute Gasteiger partial charge is 0.494 e. The van der Waals surface area contributed by atoms with Crippen molar-refractivity contribution in [3.8, 4) is 5.75 Å². The molecule has 3 N–H and O–H groups in total. The number of benzene rings is 2. The van der Waals surface area contributed by atoms with Crippen molar-refractivity contribution in [1.82, 2.24) is 0 Å². The van der Waals surface area contributed by atoms with Crippen LogP contribution in [0, 0.1) is 11.6 Å². The number of nitrogens with two attached hydrogens (primary N) is 1. The van der Waals surface area contributed by atoms with E-state index >= 15 is 0 Å². The Morgan fingerprint density at radius 3 is 2.38 bits per heavy atom. The van der Waals surface area contributed by atoms with Gasteiger partial charge in [-0.2, -0.15) is 0 Å². The van der Waals surface area contributed by atoms with E-state index in [-0.39, 0.29) is 22.0 Å². The second-order valence-electron chi connectivity index (χ2n) is 4.14. The summed E-state index contributed by atoms with van der Waals surface area (Å²) in [5.74, 6) is -1.59. The zero-order valence-corrected chi connectivity index (χ0v) is 11.7. The molecule has 2 aromatic carbocycles. The predicted octanol–water partition coefficient (Wildman–Crippen LogP) is 2.36. The van der Waals surface area contributed by atoms with Crippen molar-refractivity contribution in [3.05, 3.63) is 48.0 Å². The van der Waals surface area contributed by atoms with Gasteiger partial charge in [-0.15, -0.1) is 0 Å². The molecule has 112 valence electrons. The molecule has 0 spiro atoms. The van der Waals surface area contributed by atoms with Crippen molar-refractivity contribution in [2.75, 3.05) is 17.6 Å². The Bertz CT molecular complexity index is 779. The van der Waals surface area contributed by atoms with Gasteiger partial charge in [0.15, 0.2) is 11.6 Å². The number of methoxy groups -OCH3 is 1. The van der Waals surface area contributed by atoms with Gasteiger partial charge in [-0.3, -0.25) is 4.72 Å². The molecule has 5 nitrogen and oxygen atoms in total. The summed E-state index contributed by atoms with van der Waals surface area (Å²) >= 11 is 0. The molecule has 0 amide bonds. The van der Waals surface area contributed by atoms with Crippen molar-refractivity contribution in [2.24, 2.45) is 0 Å². The number of hydrogen-bond acceptors (Lipinski definition) is 4. The van der Waals surface area contributed by atoms with Gasteiger partial charge in [0.05, 0.1) is 23.4 Å². The molecule has 0 saturated heterocycles. The summed E-state index contributed by atoms with van der Waals surface area (Å²) in [5.41, 5.74) is 5.11. The van der Waals surface area contributed by atoms with Crippen LogP contribution in [0.1, 0.15) is 0 Å². The number of hydrogen-bond donors (Lipinski definition) is 2. The summed E-state index contributed by atoms with van der Waals surface area (Å²) in [6.45, 7) is 0. The molecule has 2 aromatic rings. The second-order valence-corrected chi connectivity index (χ2v) is 5.82. The van der Waals surface area contributed by atoms with Crippen LogP contribution in [0.4, 0.5) is 20.2 Å². The highest BCUT2D eigenvalue weighted by molar-refractivity contribution is 7.92. The Balaban J connectivity index is 2.32. The van der Waals surface area contributed by atoms with Crippen LogP contribution < -0.4 is 15.2 Å². The van der Waals surface area contributed by atoms with Gasteiger partial charge in [0.1, 0.15) is 5.82 Å². The standard InChI is InChI=1S/C13H12F2N2O3S/c1-20-13-5-2-8(6-11(13)15)17-21(18,19)9-3-4-12(16)10(14)7-9/h2-7,17H,16H2,1H3. The Morgan fingerprint density at radius 1 is 1.10 bits per heavy atom. The molecule has 0 saturated carbocycles. The van der Waals surface area contributed by atoms with Crippen LogP contribution in [0.15, 0.2) is 41.3 Å². The molecule has 0 aliphatic rings. The fraction of sp³-hybridized carbons (Fsp3) is 0.0769. The maximum Gasteiger partial charge on any atom is 0.261 e. The van der Waals surface area contributed by atoms with Crippen molar-refractivity contribution >= 4 is 21.4 Å². The van der Waals surface area contributed by atoms with E-state index in [1.54, 1.807) is 0 Å². The van der Waals surface area contributed by atoms with Crippen LogP contribution in [-0.2, 0) is 10.0 Å². The molecule has 21 heavy (non-hydrogen) atoms. The molecule has 2 rings (SSSR count). The van der Waals surface area contributed by atoms with Crippen LogP contribution in [0.5, 0.6) is 5.75 Å². The second kappa shape index (κ2) is 5.57. The highest BCUT2D eigenvalue weighted by atomic mass is 32.2. The number of nitrogen functional groups attached to an aromatic ring is 1. The molecular formula is C13H12F2N2O3S. The van der Waals surface area contributed by atoms with Gasteiger partial charge in [0, 0.05) is 6.07 Å².